The first-order chi connectivity index (χ1) is 16.8. The summed E-state index contributed by atoms with van der Waals surface area (Å²) in [6.45, 7) is 6.63. The summed E-state index contributed by atoms with van der Waals surface area (Å²) in [5.74, 6) is 1.51. The number of halogens is 1. The van der Waals surface area contributed by atoms with Crippen LogP contribution in [-0.4, -0.2) is 12.1 Å². The molecule has 0 unspecified atom stereocenters. The molecule has 35 heavy (non-hydrogen) atoms. The number of ether oxygens (including phenoxy) is 1. The minimum absolute atomic E-state index is 0.112. The van der Waals surface area contributed by atoms with Crippen molar-refractivity contribution in [2.24, 2.45) is 0 Å². The summed E-state index contributed by atoms with van der Waals surface area (Å²) in [5.41, 5.74) is 6.71. The topological polar surface area (TPSA) is 45.9 Å². The van der Waals surface area contributed by atoms with Gasteiger partial charge in [-0.05, 0) is 64.6 Å². The van der Waals surface area contributed by atoms with Crippen molar-refractivity contribution in [1.82, 2.24) is 4.98 Å². The van der Waals surface area contributed by atoms with Crippen molar-refractivity contribution in [2.45, 2.75) is 37.0 Å². The highest BCUT2D eigenvalue weighted by molar-refractivity contribution is 7.98. The summed E-state index contributed by atoms with van der Waals surface area (Å²) in [6.07, 6.45) is 0. The zero-order chi connectivity index (χ0) is 25.0. The Morgan fingerprint density at radius 3 is 2.11 bits per heavy atom. The molecule has 0 aliphatic heterocycles. The highest BCUT2D eigenvalue weighted by Gasteiger charge is 2.17. The Labute approximate surface area is 216 Å². The van der Waals surface area contributed by atoms with Gasteiger partial charge in [0.25, 0.3) is 0 Å². The molecule has 0 N–H and O–H groups in total. The maximum atomic E-state index is 10.1. The number of hydrogen-bond acceptors (Lipinski definition) is 4. The third-order valence-corrected chi connectivity index (χ3v) is 7.13. The van der Waals surface area contributed by atoms with E-state index >= 15 is 0 Å². The molecule has 1 aromatic heterocycles. The molecule has 0 bridgehead atoms. The lowest BCUT2D eigenvalue weighted by Gasteiger charge is -2.19. The lowest BCUT2D eigenvalue weighted by molar-refractivity contribution is 0.415. The van der Waals surface area contributed by atoms with Gasteiger partial charge in [0.1, 0.15) is 16.8 Å². The van der Waals surface area contributed by atoms with Gasteiger partial charge in [0.05, 0.1) is 18.4 Å². The van der Waals surface area contributed by atoms with E-state index in [2.05, 4.69) is 51.1 Å². The molecule has 0 radical (unpaired) electrons. The van der Waals surface area contributed by atoms with Crippen LogP contribution in [0.5, 0.6) is 5.75 Å². The summed E-state index contributed by atoms with van der Waals surface area (Å²) in [4.78, 5) is 4.92. The molecule has 4 rings (SSSR count). The predicted octanol–water partition coefficient (Wildman–Crippen LogP) is 8.54. The monoisotopic (exact) mass is 498 g/mol. The number of pyridine rings is 1. The van der Waals surface area contributed by atoms with Crippen molar-refractivity contribution < 1.29 is 4.74 Å². The molecule has 0 saturated heterocycles. The number of methoxy groups -OCH3 is 1. The van der Waals surface area contributed by atoms with Crippen LogP contribution in [0.15, 0.2) is 83.9 Å². The standard InChI is InChI=1S/C30H27ClN2OS/c1-30(2,3)23-11-5-20(6-12-23)19-35-29-27(18-32)26(21-7-13-24(31)14-8-21)17-28(33-29)22-9-15-25(34-4)16-10-22/h5-17H,19H2,1-4H3. The molecule has 0 fully saturated rings. The quantitative estimate of drug-likeness (QED) is 0.250. The van der Waals surface area contributed by atoms with Crippen LogP contribution in [0.2, 0.25) is 5.02 Å². The van der Waals surface area contributed by atoms with Crippen molar-refractivity contribution in [3.63, 3.8) is 0 Å². The number of rotatable bonds is 6. The Kier molecular flexibility index (Phi) is 7.50. The van der Waals surface area contributed by atoms with E-state index in [1.807, 2.05) is 54.6 Å². The average Bonchev–Trinajstić information content (AvgIpc) is 2.87. The van der Waals surface area contributed by atoms with Crippen molar-refractivity contribution in [1.29, 1.82) is 5.26 Å². The fourth-order valence-electron chi connectivity index (χ4n) is 3.75. The molecule has 176 valence electrons. The highest BCUT2D eigenvalue weighted by Crippen LogP contribution is 2.36. The molecule has 0 aliphatic rings. The lowest BCUT2D eigenvalue weighted by Crippen LogP contribution is -2.10. The van der Waals surface area contributed by atoms with Crippen LogP contribution in [0, 0.1) is 11.3 Å². The second-order valence-corrected chi connectivity index (χ2v) is 10.7. The van der Waals surface area contributed by atoms with Gasteiger partial charge in [-0.1, -0.05) is 68.8 Å². The first-order valence-electron chi connectivity index (χ1n) is 11.4. The van der Waals surface area contributed by atoms with E-state index in [1.165, 1.54) is 11.1 Å². The Morgan fingerprint density at radius 2 is 1.54 bits per heavy atom. The Morgan fingerprint density at radius 1 is 0.914 bits per heavy atom. The molecule has 0 saturated carbocycles. The number of nitriles is 1. The number of aromatic nitrogens is 1. The zero-order valence-electron chi connectivity index (χ0n) is 20.3. The molecule has 3 aromatic carbocycles. The van der Waals surface area contributed by atoms with Crippen molar-refractivity contribution >= 4 is 23.4 Å². The summed E-state index contributed by atoms with van der Waals surface area (Å²) < 4.78 is 5.31. The van der Waals surface area contributed by atoms with E-state index in [1.54, 1.807) is 18.9 Å². The van der Waals surface area contributed by atoms with E-state index in [9.17, 15) is 5.26 Å². The van der Waals surface area contributed by atoms with Crippen LogP contribution in [0.1, 0.15) is 37.5 Å². The largest absolute Gasteiger partial charge is 0.497 e. The van der Waals surface area contributed by atoms with E-state index in [0.717, 1.165) is 33.9 Å². The average molecular weight is 499 g/mol. The van der Waals surface area contributed by atoms with Crippen LogP contribution < -0.4 is 4.74 Å². The fourth-order valence-corrected chi connectivity index (χ4v) is 4.84. The second kappa shape index (κ2) is 10.6. The van der Waals surface area contributed by atoms with Gasteiger partial charge in [-0.3, -0.25) is 0 Å². The Balaban J connectivity index is 1.74. The summed E-state index contributed by atoms with van der Waals surface area (Å²) in [5, 5.41) is 11.5. The molecular weight excluding hydrogens is 472 g/mol. The SMILES string of the molecule is COc1ccc(-c2cc(-c3ccc(Cl)cc3)c(C#N)c(SCc3ccc(C(C)(C)C)cc3)n2)cc1. The van der Waals surface area contributed by atoms with Gasteiger partial charge < -0.3 is 4.74 Å². The first-order valence-corrected chi connectivity index (χ1v) is 12.7. The first kappa shape index (κ1) is 24.9. The van der Waals surface area contributed by atoms with Gasteiger partial charge in [0, 0.05) is 21.9 Å². The number of benzene rings is 3. The third-order valence-electron chi connectivity index (χ3n) is 5.83. The van der Waals surface area contributed by atoms with E-state index < -0.39 is 0 Å². The summed E-state index contributed by atoms with van der Waals surface area (Å²) in [7, 11) is 1.65. The molecule has 0 spiro atoms. The molecule has 0 atom stereocenters. The molecular formula is C30H27ClN2OS. The molecule has 0 aliphatic carbocycles. The predicted molar refractivity (Wildman–Crippen MR) is 146 cm³/mol. The van der Waals surface area contributed by atoms with E-state index in [4.69, 9.17) is 21.3 Å². The molecule has 1 heterocycles. The van der Waals surface area contributed by atoms with Gasteiger partial charge in [-0.15, -0.1) is 11.8 Å². The Hall–Kier alpha value is -3.26. The highest BCUT2D eigenvalue weighted by atomic mass is 35.5. The number of hydrogen-bond donors (Lipinski definition) is 0. The normalized spacial score (nSPS) is 11.2. The van der Waals surface area contributed by atoms with Gasteiger partial charge in [-0.2, -0.15) is 5.26 Å². The fraction of sp³-hybridized carbons (Fsp3) is 0.200. The Bertz CT molecular complexity index is 1350. The van der Waals surface area contributed by atoms with Gasteiger partial charge in [-0.25, -0.2) is 4.98 Å². The van der Waals surface area contributed by atoms with Gasteiger partial charge in [0.15, 0.2) is 0 Å². The third kappa shape index (κ3) is 5.88. The van der Waals surface area contributed by atoms with Gasteiger partial charge >= 0.3 is 0 Å². The molecule has 0 amide bonds. The van der Waals surface area contributed by atoms with Crippen LogP contribution in [0.4, 0.5) is 0 Å². The van der Waals surface area contributed by atoms with E-state index in [-0.39, 0.29) is 5.41 Å². The summed E-state index contributed by atoms with van der Waals surface area (Å²) >= 11 is 7.71. The van der Waals surface area contributed by atoms with Crippen molar-refractivity contribution in [3.05, 3.63) is 101 Å². The van der Waals surface area contributed by atoms with Crippen molar-refractivity contribution in [2.75, 3.05) is 7.11 Å². The number of nitrogens with zero attached hydrogens (tertiary/aromatic N) is 2. The molecule has 4 aromatic rings. The van der Waals surface area contributed by atoms with Crippen LogP contribution >= 0.6 is 23.4 Å². The second-order valence-electron chi connectivity index (χ2n) is 9.32. The molecule has 5 heteroatoms. The van der Waals surface area contributed by atoms with Crippen molar-refractivity contribution in [3.8, 4) is 34.2 Å². The minimum atomic E-state index is 0.112. The van der Waals surface area contributed by atoms with E-state index in [0.29, 0.717) is 15.6 Å². The zero-order valence-corrected chi connectivity index (χ0v) is 21.9. The van der Waals surface area contributed by atoms with Crippen LogP contribution in [-0.2, 0) is 11.2 Å². The lowest BCUT2D eigenvalue weighted by atomic mass is 9.87. The van der Waals surface area contributed by atoms with Crippen LogP contribution in [0.25, 0.3) is 22.4 Å². The maximum Gasteiger partial charge on any atom is 0.118 e. The minimum Gasteiger partial charge on any atom is -0.497 e. The molecule has 3 nitrogen and oxygen atoms in total. The maximum absolute atomic E-state index is 10.1. The summed E-state index contributed by atoms with van der Waals surface area (Å²) in [6, 6.07) is 28.4. The smallest absolute Gasteiger partial charge is 0.118 e. The number of thioether (sulfide) groups is 1. The van der Waals surface area contributed by atoms with Gasteiger partial charge in [0.2, 0.25) is 0 Å². The van der Waals surface area contributed by atoms with Crippen LogP contribution in [0.3, 0.4) is 0 Å².